The molecule has 1 nitrogen and oxygen atoms in total. The van der Waals surface area contributed by atoms with Gasteiger partial charge < -0.3 is 0 Å². The highest BCUT2D eigenvalue weighted by molar-refractivity contribution is 6.00. The molecule has 0 heterocycles. The maximum atomic E-state index is 11.3. The smallest absolute Gasteiger partial charge is 0.170 e. The summed E-state index contributed by atoms with van der Waals surface area (Å²) in [6.07, 6.45) is 7.18. The summed E-state index contributed by atoms with van der Waals surface area (Å²) in [5.74, 6) is 6.96. The predicted octanol–water partition coefficient (Wildman–Crippen LogP) is 2.08. The van der Waals surface area contributed by atoms with Gasteiger partial charge in [0, 0.05) is 12.3 Å². The molecule has 0 aromatic carbocycles. The van der Waals surface area contributed by atoms with Crippen LogP contribution in [0.1, 0.15) is 32.1 Å². The second kappa shape index (κ2) is 3.15. The summed E-state index contributed by atoms with van der Waals surface area (Å²) in [4.78, 5) is 11.3. The molecule has 0 spiro atoms. The third-order valence-corrected chi connectivity index (χ3v) is 2.25. The Balaban J connectivity index is 2.06. The molecule has 2 aliphatic carbocycles. The summed E-state index contributed by atoms with van der Waals surface area (Å²) < 4.78 is 0. The van der Waals surface area contributed by atoms with E-state index in [1.165, 1.54) is 12.8 Å². The number of rotatable bonds is 0. The molecule has 0 unspecified atom stereocenters. The fourth-order valence-electron chi connectivity index (χ4n) is 1.29. The van der Waals surface area contributed by atoms with Crippen molar-refractivity contribution < 1.29 is 4.79 Å². The van der Waals surface area contributed by atoms with Gasteiger partial charge in [0.2, 0.25) is 0 Å². The van der Waals surface area contributed by atoms with Crippen LogP contribution in [0.5, 0.6) is 0 Å². The summed E-state index contributed by atoms with van der Waals surface area (Å²) in [5.41, 5.74) is 0.771. The number of ketones is 1. The average molecular weight is 160 g/mol. The average Bonchev–Trinajstić information content (AvgIpc) is 2.86. The Bertz CT molecular complexity index is 284. The van der Waals surface area contributed by atoms with Gasteiger partial charge in [0.1, 0.15) is 0 Å². The number of Topliss-reactive ketones (excluding diaryl/α,β-unsaturated/α-hetero) is 1. The van der Waals surface area contributed by atoms with Crippen molar-refractivity contribution in [3.05, 3.63) is 11.6 Å². The molecule has 12 heavy (non-hydrogen) atoms. The van der Waals surface area contributed by atoms with E-state index in [9.17, 15) is 4.79 Å². The van der Waals surface area contributed by atoms with E-state index in [-0.39, 0.29) is 5.78 Å². The van der Waals surface area contributed by atoms with E-state index in [2.05, 4.69) is 11.8 Å². The van der Waals surface area contributed by atoms with Crippen LogP contribution in [0.3, 0.4) is 0 Å². The van der Waals surface area contributed by atoms with Crippen molar-refractivity contribution in [1.29, 1.82) is 0 Å². The van der Waals surface area contributed by atoms with Crippen LogP contribution in [0.15, 0.2) is 11.6 Å². The Kier molecular flexibility index (Phi) is 1.99. The van der Waals surface area contributed by atoms with Gasteiger partial charge in [-0.15, -0.1) is 0 Å². The van der Waals surface area contributed by atoms with Gasteiger partial charge in [-0.3, -0.25) is 4.79 Å². The summed E-state index contributed by atoms with van der Waals surface area (Å²) in [6.45, 7) is 0. The lowest BCUT2D eigenvalue weighted by Crippen LogP contribution is -2.04. The van der Waals surface area contributed by atoms with Gasteiger partial charge in [-0.05, 0) is 25.7 Å². The van der Waals surface area contributed by atoms with Crippen molar-refractivity contribution in [3.8, 4) is 11.8 Å². The molecule has 0 amide bonds. The van der Waals surface area contributed by atoms with E-state index in [1.807, 2.05) is 6.08 Å². The minimum absolute atomic E-state index is 0.245. The number of allylic oxidation sites excluding steroid dienone is 2. The molecule has 2 rings (SSSR count). The van der Waals surface area contributed by atoms with Crippen molar-refractivity contribution in [2.24, 2.45) is 5.92 Å². The molecule has 1 heteroatoms. The first-order valence-corrected chi connectivity index (χ1v) is 4.61. The van der Waals surface area contributed by atoms with Crippen LogP contribution in [-0.2, 0) is 4.79 Å². The quantitative estimate of drug-likeness (QED) is 0.496. The van der Waals surface area contributed by atoms with E-state index in [0.717, 1.165) is 18.4 Å². The minimum Gasteiger partial charge on any atom is -0.293 e. The fraction of sp³-hybridized carbons (Fsp3) is 0.545. The van der Waals surface area contributed by atoms with E-state index >= 15 is 0 Å². The van der Waals surface area contributed by atoms with Gasteiger partial charge in [-0.25, -0.2) is 0 Å². The molecule has 0 aliphatic heterocycles. The number of carbonyl (C=O) groups excluding carboxylic acids is 1. The highest BCUT2D eigenvalue weighted by Crippen LogP contribution is 2.27. The van der Waals surface area contributed by atoms with Gasteiger partial charge in [-0.1, -0.05) is 17.9 Å². The lowest BCUT2D eigenvalue weighted by Gasteiger charge is -2.04. The van der Waals surface area contributed by atoms with Crippen LogP contribution in [0.4, 0.5) is 0 Å². The second-order valence-corrected chi connectivity index (χ2v) is 3.48. The van der Waals surface area contributed by atoms with Crippen molar-refractivity contribution in [2.45, 2.75) is 32.1 Å². The predicted molar refractivity (Wildman–Crippen MR) is 47.4 cm³/mol. The Morgan fingerprint density at radius 2 is 2.25 bits per heavy atom. The third-order valence-electron chi connectivity index (χ3n) is 2.25. The first kappa shape index (κ1) is 7.61. The maximum Gasteiger partial charge on any atom is 0.170 e. The van der Waals surface area contributed by atoms with E-state index in [1.54, 1.807) is 0 Å². The Labute approximate surface area is 72.8 Å². The summed E-state index contributed by atoms with van der Waals surface area (Å²) >= 11 is 0. The van der Waals surface area contributed by atoms with Crippen LogP contribution in [-0.4, -0.2) is 5.78 Å². The largest absolute Gasteiger partial charge is 0.293 e. The maximum absolute atomic E-state index is 11.3. The molecule has 0 aromatic heterocycles. The molecule has 0 bridgehead atoms. The van der Waals surface area contributed by atoms with Crippen LogP contribution >= 0.6 is 0 Å². The Morgan fingerprint density at radius 3 is 2.92 bits per heavy atom. The van der Waals surface area contributed by atoms with Crippen LogP contribution in [0.2, 0.25) is 0 Å². The molecule has 0 saturated heterocycles. The van der Waals surface area contributed by atoms with E-state index in [4.69, 9.17) is 0 Å². The van der Waals surface area contributed by atoms with Crippen LogP contribution in [0, 0.1) is 17.8 Å². The normalized spacial score (nSPS) is 22.7. The van der Waals surface area contributed by atoms with E-state index in [0.29, 0.717) is 12.3 Å². The number of carbonyl (C=O) groups is 1. The van der Waals surface area contributed by atoms with Crippen molar-refractivity contribution in [1.82, 2.24) is 0 Å². The van der Waals surface area contributed by atoms with Gasteiger partial charge in [0.25, 0.3) is 0 Å². The molecule has 0 N–H and O–H groups in total. The SMILES string of the molecule is O=C1CCCC=C1C#CC1CC1. The van der Waals surface area contributed by atoms with Crippen LogP contribution < -0.4 is 0 Å². The zero-order chi connectivity index (χ0) is 8.39. The molecule has 1 saturated carbocycles. The summed E-state index contributed by atoms with van der Waals surface area (Å²) in [6, 6.07) is 0. The van der Waals surface area contributed by atoms with Crippen molar-refractivity contribution in [2.75, 3.05) is 0 Å². The van der Waals surface area contributed by atoms with Gasteiger partial charge in [-0.2, -0.15) is 0 Å². The molecule has 0 atom stereocenters. The minimum atomic E-state index is 0.245. The highest BCUT2D eigenvalue weighted by Gasteiger charge is 2.18. The zero-order valence-corrected chi connectivity index (χ0v) is 7.10. The molecule has 0 radical (unpaired) electrons. The molecule has 0 aromatic rings. The van der Waals surface area contributed by atoms with Gasteiger partial charge in [0.15, 0.2) is 5.78 Å². The first-order valence-electron chi connectivity index (χ1n) is 4.61. The number of hydrogen-bond acceptors (Lipinski definition) is 1. The third kappa shape index (κ3) is 1.76. The van der Waals surface area contributed by atoms with Crippen molar-refractivity contribution >= 4 is 5.78 Å². The molecule has 62 valence electrons. The first-order chi connectivity index (χ1) is 5.86. The molecule has 2 aliphatic rings. The fourth-order valence-corrected chi connectivity index (χ4v) is 1.29. The second-order valence-electron chi connectivity index (χ2n) is 3.48. The van der Waals surface area contributed by atoms with E-state index < -0.39 is 0 Å². The lowest BCUT2D eigenvalue weighted by atomic mass is 9.98. The number of hydrogen-bond donors (Lipinski definition) is 0. The Hall–Kier alpha value is -1.03. The van der Waals surface area contributed by atoms with Gasteiger partial charge in [0.05, 0.1) is 5.57 Å². The molecule has 1 fully saturated rings. The highest BCUT2D eigenvalue weighted by atomic mass is 16.1. The lowest BCUT2D eigenvalue weighted by molar-refractivity contribution is -0.115. The molecular formula is C11H12O. The van der Waals surface area contributed by atoms with Crippen LogP contribution in [0.25, 0.3) is 0 Å². The molecular weight excluding hydrogens is 148 g/mol. The summed E-state index contributed by atoms with van der Waals surface area (Å²) in [7, 11) is 0. The summed E-state index contributed by atoms with van der Waals surface area (Å²) in [5, 5.41) is 0. The topological polar surface area (TPSA) is 17.1 Å². The Morgan fingerprint density at radius 1 is 1.42 bits per heavy atom. The zero-order valence-electron chi connectivity index (χ0n) is 7.10. The standard InChI is InChI=1S/C11H12O/c12-11-4-2-1-3-10(11)8-7-9-5-6-9/h3,9H,1-2,4-6H2. The van der Waals surface area contributed by atoms with Gasteiger partial charge >= 0.3 is 0 Å². The monoisotopic (exact) mass is 160 g/mol. The van der Waals surface area contributed by atoms with Crippen molar-refractivity contribution in [3.63, 3.8) is 0 Å².